The molecule has 396 valence electrons. The monoisotopic (exact) mass is 950 g/mol. The van der Waals surface area contributed by atoms with Crippen LogP contribution in [0.2, 0.25) is 0 Å². The van der Waals surface area contributed by atoms with Gasteiger partial charge in [0.25, 0.3) is 0 Å². The molecule has 0 aromatic rings. The molecular formula is C58H111NO8. The van der Waals surface area contributed by atoms with E-state index in [1.54, 1.807) is 6.08 Å². The lowest BCUT2D eigenvalue weighted by Crippen LogP contribution is -2.60. The van der Waals surface area contributed by atoms with Crippen molar-refractivity contribution in [3.63, 3.8) is 0 Å². The highest BCUT2D eigenvalue weighted by molar-refractivity contribution is 5.76. The number of rotatable bonds is 50. The molecule has 6 N–H and O–H groups in total. The molecule has 7 unspecified atom stereocenters. The van der Waals surface area contributed by atoms with E-state index in [1.165, 1.54) is 218 Å². The molecular weight excluding hydrogens is 839 g/mol. The number of carbonyl (C=O) groups is 1. The first-order valence-corrected chi connectivity index (χ1v) is 29.1. The summed E-state index contributed by atoms with van der Waals surface area (Å²) in [5.41, 5.74) is 0. The van der Waals surface area contributed by atoms with Gasteiger partial charge >= 0.3 is 0 Å². The van der Waals surface area contributed by atoms with Crippen molar-refractivity contribution < 1.29 is 39.8 Å². The van der Waals surface area contributed by atoms with Crippen LogP contribution in [0.3, 0.4) is 0 Å². The van der Waals surface area contributed by atoms with Gasteiger partial charge in [-0.3, -0.25) is 4.79 Å². The van der Waals surface area contributed by atoms with E-state index in [2.05, 4.69) is 31.3 Å². The lowest BCUT2D eigenvalue weighted by Gasteiger charge is -2.40. The third kappa shape index (κ3) is 38.1. The summed E-state index contributed by atoms with van der Waals surface area (Å²) in [6.07, 6.45) is 54.6. The summed E-state index contributed by atoms with van der Waals surface area (Å²) in [6, 6.07) is -0.816. The Labute approximate surface area is 413 Å². The number of aliphatic hydroxyl groups excluding tert-OH is 5. The van der Waals surface area contributed by atoms with Gasteiger partial charge in [-0.05, 0) is 25.7 Å². The molecule has 1 rings (SSSR count). The zero-order valence-corrected chi connectivity index (χ0v) is 43.9. The van der Waals surface area contributed by atoms with Crippen molar-refractivity contribution in [2.75, 3.05) is 13.2 Å². The van der Waals surface area contributed by atoms with Crippen molar-refractivity contribution >= 4 is 5.91 Å². The SMILES string of the molecule is CCCC/C=C/CC/C=C/C(O)C(COC1OC(CO)C(O)C(O)C1O)NC(=O)CCCCCCCCCCCCCCCCCCCCCCCCCCCCCCCCCCCCCC. The Morgan fingerprint density at radius 3 is 1.24 bits per heavy atom. The topological polar surface area (TPSA) is 149 Å². The van der Waals surface area contributed by atoms with E-state index < -0.39 is 49.5 Å². The van der Waals surface area contributed by atoms with Crippen LogP contribution in [0.15, 0.2) is 24.3 Å². The minimum Gasteiger partial charge on any atom is -0.394 e. The zero-order chi connectivity index (χ0) is 48.7. The standard InChI is InChI=1S/C58H111NO8/c1-3-5-7-9-11-13-14-15-16-17-18-19-20-21-22-23-24-25-26-27-28-29-30-31-32-33-34-35-36-37-38-39-40-42-44-46-48-54(62)59-51(52(61)47-45-43-41-12-10-8-6-4-2)50-66-58-57(65)56(64)55(63)53(49-60)67-58/h10,12,45,47,51-53,55-58,60-61,63-65H,3-9,11,13-44,46,48-50H2,1-2H3,(H,59,62)/b12-10+,47-45+. The highest BCUT2D eigenvalue weighted by Crippen LogP contribution is 2.23. The molecule has 1 fully saturated rings. The van der Waals surface area contributed by atoms with Crippen molar-refractivity contribution in [2.45, 2.75) is 326 Å². The quantitative estimate of drug-likeness (QED) is 0.0261. The van der Waals surface area contributed by atoms with Crippen LogP contribution in [0.1, 0.15) is 284 Å². The fourth-order valence-corrected chi connectivity index (χ4v) is 9.40. The lowest BCUT2D eigenvalue weighted by molar-refractivity contribution is -0.302. The summed E-state index contributed by atoms with van der Waals surface area (Å²) in [6.45, 7) is 3.70. The zero-order valence-electron chi connectivity index (χ0n) is 43.9. The minimum atomic E-state index is -1.57. The van der Waals surface area contributed by atoms with E-state index in [0.717, 1.165) is 44.9 Å². The summed E-state index contributed by atoms with van der Waals surface area (Å²) < 4.78 is 11.2. The Kier molecular flexibility index (Phi) is 45.9. The van der Waals surface area contributed by atoms with Crippen LogP contribution in [0.25, 0.3) is 0 Å². The van der Waals surface area contributed by atoms with Gasteiger partial charge in [-0.1, -0.05) is 276 Å². The Morgan fingerprint density at radius 1 is 0.493 bits per heavy atom. The summed E-state index contributed by atoms with van der Waals surface area (Å²) in [5.74, 6) is -0.185. The highest BCUT2D eigenvalue weighted by atomic mass is 16.7. The number of ether oxygens (including phenoxy) is 2. The van der Waals surface area contributed by atoms with Gasteiger partial charge in [-0.25, -0.2) is 0 Å². The molecule has 0 aromatic heterocycles. The number of aliphatic hydroxyl groups is 5. The summed E-state index contributed by atoms with van der Waals surface area (Å²) in [5, 5.41) is 54.1. The van der Waals surface area contributed by atoms with Gasteiger partial charge in [0, 0.05) is 6.42 Å². The first kappa shape index (κ1) is 63.7. The van der Waals surface area contributed by atoms with Gasteiger partial charge in [-0.15, -0.1) is 0 Å². The first-order valence-electron chi connectivity index (χ1n) is 29.1. The predicted octanol–water partition coefficient (Wildman–Crippen LogP) is 14.2. The Morgan fingerprint density at radius 2 is 0.851 bits per heavy atom. The molecule has 67 heavy (non-hydrogen) atoms. The number of allylic oxidation sites excluding steroid dienone is 3. The number of amides is 1. The molecule has 9 heteroatoms. The third-order valence-electron chi connectivity index (χ3n) is 14.0. The fraction of sp³-hybridized carbons (Fsp3) is 0.914. The van der Waals surface area contributed by atoms with E-state index in [1.807, 2.05) is 6.08 Å². The van der Waals surface area contributed by atoms with Crippen LogP contribution in [0, 0.1) is 0 Å². The number of nitrogens with one attached hydrogen (secondary N) is 1. The largest absolute Gasteiger partial charge is 0.394 e. The average molecular weight is 951 g/mol. The maximum atomic E-state index is 13.0. The van der Waals surface area contributed by atoms with Crippen LogP contribution in [-0.4, -0.2) is 87.5 Å². The number of hydrogen-bond acceptors (Lipinski definition) is 8. The minimum absolute atomic E-state index is 0.185. The fourth-order valence-electron chi connectivity index (χ4n) is 9.40. The Hall–Kier alpha value is -1.33. The second-order valence-electron chi connectivity index (χ2n) is 20.4. The van der Waals surface area contributed by atoms with E-state index in [0.29, 0.717) is 6.42 Å². The van der Waals surface area contributed by atoms with Gasteiger partial charge in [0.05, 0.1) is 25.4 Å². The molecule has 1 aliphatic heterocycles. The van der Waals surface area contributed by atoms with E-state index in [9.17, 15) is 30.3 Å². The molecule has 1 aliphatic rings. The van der Waals surface area contributed by atoms with Gasteiger partial charge in [0.1, 0.15) is 24.4 Å². The molecule has 0 saturated carbocycles. The van der Waals surface area contributed by atoms with Crippen molar-refractivity contribution in [2.24, 2.45) is 0 Å². The van der Waals surface area contributed by atoms with Gasteiger partial charge in [0.15, 0.2) is 6.29 Å². The molecule has 1 heterocycles. The molecule has 0 spiro atoms. The van der Waals surface area contributed by atoms with Crippen molar-refractivity contribution in [3.05, 3.63) is 24.3 Å². The normalized spacial score (nSPS) is 19.8. The highest BCUT2D eigenvalue weighted by Gasteiger charge is 2.44. The number of carbonyl (C=O) groups excluding carboxylic acids is 1. The molecule has 0 aromatic carbocycles. The molecule has 1 saturated heterocycles. The smallest absolute Gasteiger partial charge is 0.220 e. The summed E-state index contributed by atoms with van der Waals surface area (Å²) in [7, 11) is 0. The van der Waals surface area contributed by atoms with Gasteiger partial charge < -0.3 is 40.3 Å². The lowest BCUT2D eigenvalue weighted by atomic mass is 9.99. The third-order valence-corrected chi connectivity index (χ3v) is 14.0. The van der Waals surface area contributed by atoms with Gasteiger partial charge in [-0.2, -0.15) is 0 Å². The van der Waals surface area contributed by atoms with Gasteiger partial charge in [0.2, 0.25) is 5.91 Å². The maximum Gasteiger partial charge on any atom is 0.220 e. The Bertz CT molecular complexity index is 1100. The Balaban J connectivity index is 1.99. The number of unbranched alkanes of at least 4 members (excludes halogenated alkanes) is 38. The van der Waals surface area contributed by atoms with Crippen LogP contribution in [0.5, 0.6) is 0 Å². The predicted molar refractivity (Wildman–Crippen MR) is 281 cm³/mol. The average Bonchev–Trinajstić information content (AvgIpc) is 3.33. The summed E-state index contributed by atoms with van der Waals surface area (Å²) in [4.78, 5) is 13.0. The molecule has 7 atom stereocenters. The van der Waals surface area contributed by atoms with Crippen LogP contribution >= 0.6 is 0 Å². The molecule has 9 nitrogen and oxygen atoms in total. The van der Waals surface area contributed by atoms with E-state index in [4.69, 9.17) is 9.47 Å². The first-order chi connectivity index (χ1) is 32.8. The second-order valence-corrected chi connectivity index (χ2v) is 20.4. The van der Waals surface area contributed by atoms with Crippen molar-refractivity contribution in [1.82, 2.24) is 5.32 Å². The molecule has 1 amide bonds. The van der Waals surface area contributed by atoms with E-state index >= 15 is 0 Å². The van der Waals surface area contributed by atoms with Crippen molar-refractivity contribution in [3.8, 4) is 0 Å². The molecule has 0 bridgehead atoms. The maximum absolute atomic E-state index is 13.0. The molecule has 0 aliphatic carbocycles. The van der Waals surface area contributed by atoms with Crippen LogP contribution in [0.4, 0.5) is 0 Å². The summed E-state index contributed by atoms with van der Waals surface area (Å²) >= 11 is 0. The number of hydrogen-bond donors (Lipinski definition) is 6. The van der Waals surface area contributed by atoms with Crippen molar-refractivity contribution in [1.29, 1.82) is 0 Å². The molecule has 0 radical (unpaired) electrons. The second kappa shape index (κ2) is 48.3. The van der Waals surface area contributed by atoms with Crippen LogP contribution in [-0.2, 0) is 14.3 Å². The van der Waals surface area contributed by atoms with Crippen LogP contribution < -0.4 is 5.32 Å². The van der Waals surface area contributed by atoms with E-state index in [-0.39, 0.29) is 12.5 Å².